The Morgan fingerprint density at radius 2 is 1.89 bits per heavy atom. The lowest BCUT2D eigenvalue weighted by atomic mass is 10.2. The van der Waals surface area contributed by atoms with Crippen LogP contribution in [0.15, 0.2) is 0 Å². The second-order valence-corrected chi connectivity index (χ2v) is 5.26. The van der Waals surface area contributed by atoms with Crippen LogP contribution in [0, 0.1) is 0 Å². The molecule has 2 saturated heterocycles. The summed E-state index contributed by atoms with van der Waals surface area (Å²) in [7, 11) is 0. The molecule has 5 heteroatoms. The third kappa shape index (κ3) is 3.93. The number of hydrogen-bond acceptors (Lipinski definition) is 4. The largest absolute Gasteiger partial charge is 0.374 e. The van der Waals surface area contributed by atoms with E-state index in [0.717, 1.165) is 39.0 Å². The minimum Gasteiger partial charge on any atom is -0.374 e. The summed E-state index contributed by atoms with van der Waals surface area (Å²) >= 11 is 0. The normalized spacial score (nSPS) is 26.9. The van der Waals surface area contributed by atoms with Crippen LogP contribution in [0.2, 0.25) is 0 Å². The Labute approximate surface area is 109 Å². The molecule has 2 aliphatic heterocycles. The van der Waals surface area contributed by atoms with Gasteiger partial charge in [0.05, 0.1) is 19.3 Å². The second-order valence-electron chi connectivity index (χ2n) is 5.26. The van der Waals surface area contributed by atoms with Gasteiger partial charge in [-0.15, -0.1) is 0 Å². The van der Waals surface area contributed by atoms with Crippen LogP contribution in [-0.2, 0) is 9.53 Å². The molecule has 2 N–H and O–H groups in total. The minimum absolute atomic E-state index is 0.0932. The van der Waals surface area contributed by atoms with Gasteiger partial charge in [-0.2, -0.15) is 0 Å². The first-order chi connectivity index (χ1) is 8.79. The first-order valence-corrected chi connectivity index (χ1v) is 7.11. The first kappa shape index (κ1) is 13.8. The van der Waals surface area contributed by atoms with E-state index in [-0.39, 0.29) is 12.0 Å². The number of nitrogens with zero attached hydrogens (tertiary/aromatic N) is 2. The zero-order valence-corrected chi connectivity index (χ0v) is 11.1. The van der Waals surface area contributed by atoms with E-state index in [1.165, 1.54) is 12.8 Å². The third-order valence-corrected chi connectivity index (χ3v) is 3.80. The molecule has 0 aromatic heterocycles. The van der Waals surface area contributed by atoms with Gasteiger partial charge in [0.2, 0.25) is 5.91 Å². The average molecular weight is 255 g/mol. The van der Waals surface area contributed by atoms with E-state index in [1.807, 2.05) is 4.90 Å². The standard InChI is InChI=1S/C13H25N3O2/c14-9-12-10-15(7-8-18-12)11-13(17)16-5-3-1-2-4-6-16/h12H,1-11,14H2. The second kappa shape index (κ2) is 7.07. The number of likely N-dealkylation sites (tertiary alicyclic amines) is 1. The van der Waals surface area contributed by atoms with Crippen molar-refractivity contribution in [2.75, 3.05) is 45.9 Å². The molecule has 18 heavy (non-hydrogen) atoms. The van der Waals surface area contributed by atoms with E-state index in [0.29, 0.717) is 19.7 Å². The minimum atomic E-state index is 0.0932. The topological polar surface area (TPSA) is 58.8 Å². The van der Waals surface area contributed by atoms with Crippen LogP contribution < -0.4 is 5.73 Å². The molecule has 104 valence electrons. The summed E-state index contributed by atoms with van der Waals surface area (Å²) in [5.41, 5.74) is 5.61. The Kier molecular flexibility index (Phi) is 5.41. The highest BCUT2D eigenvalue weighted by Crippen LogP contribution is 2.11. The molecule has 0 bridgehead atoms. The van der Waals surface area contributed by atoms with Crippen molar-refractivity contribution in [2.24, 2.45) is 5.73 Å². The van der Waals surface area contributed by atoms with E-state index >= 15 is 0 Å². The predicted octanol–water partition coefficient (Wildman–Crippen LogP) is 0.0485. The van der Waals surface area contributed by atoms with Gasteiger partial charge in [0, 0.05) is 32.7 Å². The number of morpholine rings is 1. The van der Waals surface area contributed by atoms with Gasteiger partial charge >= 0.3 is 0 Å². The Balaban J connectivity index is 1.78. The lowest BCUT2D eigenvalue weighted by Crippen LogP contribution is -2.49. The van der Waals surface area contributed by atoms with Crippen molar-refractivity contribution in [3.05, 3.63) is 0 Å². The Morgan fingerprint density at radius 3 is 2.56 bits per heavy atom. The monoisotopic (exact) mass is 255 g/mol. The van der Waals surface area contributed by atoms with E-state index < -0.39 is 0 Å². The predicted molar refractivity (Wildman–Crippen MR) is 70.3 cm³/mol. The van der Waals surface area contributed by atoms with Crippen molar-refractivity contribution < 1.29 is 9.53 Å². The number of carbonyl (C=O) groups excluding carboxylic acids is 1. The Morgan fingerprint density at radius 1 is 1.17 bits per heavy atom. The fourth-order valence-electron chi connectivity index (χ4n) is 2.68. The molecule has 1 amide bonds. The molecule has 2 aliphatic rings. The van der Waals surface area contributed by atoms with Gasteiger partial charge in [-0.05, 0) is 12.8 Å². The molecule has 0 aromatic rings. The van der Waals surface area contributed by atoms with Crippen molar-refractivity contribution in [1.82, 2.24) is 9.80 Å². The molecule has 0 radical (unpaired) electrons. The summed E-state index contributed by atoms with van der Waals surface area (Å²) in [4.78, 5) is 16.4. The molecule has 5 nitrogen and oxygen atoms in total. The van der Waals surface area contributed by atoms with E-state index in [9.17, 15) is 4.79 Å². The van der Waals surface area contributed by atoms with Crippen LogP contribution in [-0.4, -0.2) is 67.7 Å². The molecule has 1 atom stereocenters. The van der Waals surface area contributed by atoms with Gasteiger partial charge in [-0.3, -0.25) is 9.69 Å². The van der Waals surface area contributed by atoms with Gasteiger partial charge < -0.3 is 15.4 Å². The highest BCUT2D eigenvalue weighted by atomic mass is 16.5. The van der Waals surface area contributed by atoms with Gasteiger partial charge in [0.25, 0.3) is 0 Å². The van der Waals surface area contributed by atoms with Gasteiger partial charge in [-0.1, -0.05) is 12.8 Å². The van der Waals surface area contributed by atoms with Crippen LogP contribution in [0.4, 0.5) is 0 Å². The zero-order valence-electron chi connectivity index (χ0n) is 11.1. The number of carbonyl (C=O) groups is 1. The summed E-state index contributed by atoms with van der Waals surface area (Å²) in [6, 6.07) is 0. The van der Waals surface area contributed by atoms with Gasteiger partial charge in [0.1, 0.15) is 0 Å². The molecular weight excluding hydrogens is 230 g/mol. The number of amides is 1. The van der Waals surface area contributed by atoms with Crippen LogP contribution in [0.25, 0.3) is 0 Å². The molecule has 0 aliphatic carbocycles. The maximum atomic E-state index is 12.2. The number of nitrogens with two attached hydrogens (primary N) is 1. The van der Waals surface area contributed by atoms with Crippen LogP contribution in [0.5, 0.6) is 0 Å². The SMILES string of the molecule is NCC1CN(CC(=O)N2CCCCCC2)CCO1. The summed E-state index contributed by atoms with van der Waals surface area (Å²) in [6.07, 6.45) is 4.92. The fourth-order valence-corrected chi connectivity index (χ4v) is 2.68. The lowest BCUT2D eigenvalue weighted by Gasteiger charge is -2.33. The van der Waals surface area contributed by atoms with E-state index in [1.54, 1.807) is 0 Å². The lowest BCUT2D eigenvalue weighted by molar-refractivity contribution is -0.134. The molecule has 2 fully saturated rings. The summed E-state index contributed by atoms with van der Waals surface area (Å²) in [5.74, 6) is 0.273. The van der Waals surface area contributed by atoms with Crippen molar-refractivity contribution in [1.29, 1.82) is 0 Å². The van der Waals surface area contributed by atoms with Gasteiger partial charge in [-0.25, -0.2) is 0 Å². The molecule has 2 heterocycles. The number of rotatable bonds is 3. The van der Waals surface area contributed by atoms with Gasteiger partial charge in [0.15, 0.2) is 0 Å². The van der Waals surface area contributed by atoms with E-state index in [2.05, 4.69) is 4.90 Å². The summed E-state index contributed by atoms with van der Waals surface area (Å²) < 4.78 is 5.51. The van der Waals surface area contributed by atoms with E-state index in [4.69, 9.17) is 10.5 Å². The summed E-state index contributed by atoms with van der Waals surface area (Å²) in [6.45, 7) is 5.25. The fraction of sp³-hybridized carbons (Fsp3) is 0.923. The molecule has 1 unspecified atom stereocenters. The average Bonchev–Trinajstić information content (AvgIpc) is 2.68. The van der Waals surface area contributed by atoms with Crippen LogP contribution in [0.1, 0.15) is 25.7 Å². The number of ether oxygens (including phenoxy) is 1. The van der Waals surface area contributed by atoms with Crippen molar-refractivity contribution in [3.8, 4) is 0 Å². The van der Waals surface area contributed by atoms with Crippen LogP contribution in [0.3, 0.4) is 0 Å². The highest BCUT2D eigenvalue weighted by molar-refractivity contribution is 5.78. The quantitative estimate of drug-likeness (QED) is 0.774. The third-order valence-electron chi connectivity index (χ3n) is 3.80. The maximum absolute atomic E-state index is 12.2. The van der Waals surface area contributed by atoms with Crippen molar-refractivity contribution in [3.63, 3.8) is 0 Å². The van der Waals surface area contributed by atoms with Crippen molar-refractivity contribution >= 4 is 5.91 Å². The summed E-state index contributed by atoms with van der Waals surface area (Å²) in [5, 5.41) is 0. The first-order valence-electron chi connectivity index (χ1n) is 7.11. The maximum Gasteiger partial charge on any atom is 0.236 e. The Hall–Kier alpha value is -0.650. The molecule has 2 rings (SSSR count). The number of hydrogen-bond donors (Lipinski definition) is 1. The zero-order chi connectivity index (χ0) is 12.8. The highest BCUT2D eigenvalue weighted by Gasteiger charge is 2.23. The molecule has 0 spiro atoms. The van der Waals surface area contributed by atoms with Crippen molar-refractivity contribution in [2.45, 2.75) is 31.8 Å². The van der Waals surface area contributed by atoms with Crippen LogP contribution >= 0.6 is 0 Å². The molecule has 0 aromatic carbocycles. The Bertz CT molecular complexity index is 265. The molecule has 0 saturated carbocycles. The smallest absolute Gasteiger partial charge is 0.236 e. The molecular formula is C13H25N3O2.